The molecule has 178 valence electrons. The molecule has 0 bridgehead atoms. The number of carbonyl (C=O) groups excluding carboxylic acids is 3. The summed E-state index contributed by atoms with van der Waals surface area (Å²) in [4.78, 5) is 38.5. The van der Waals surface area contributed by atoms with E-state index in [2.05, 4.69) is 15.8 Å². The van der Waals surface area contributed by atoms with Crippen molar-refractivity contribution in [3.63, 3.8) is 0 Å². The Morgan fingerprint density at radius 2 is 1.83 bits per heavy atom. The summed E-state index contributed by atoms with van der Waals surface area (Å²) >= 11 is 0. The number of amides is 3. The highest BCUT2D eigenvalue weighted by Crippen LogP contribution is 2.32. The molecule has 35 heavy (non-hydrogen) atoms. The standard InChI is InChI=1S/C26H24FN5O3/c1-15-12-16(2)31(29-15)23-11-10-18(14-22(23)27)28-24(33)17-6-5-7-19(13-17)32-26(35)21-9-4-3-8-20(21)25(34)30-32/h3-7,10-14,20-21H,8-9H2,1-2H3,(H,28,33)(H,30,34). The second-order valence-corrected chi connectivity index (χ2v) is 8.82. The molecule has 0 spiro atoms. The van der Waals surface area contributed by atoms with Gasteiger partial charge in [0.05, 0.1) is 23.2 Å². The lowest BCUT2D eigenvalue weighted by Crippen LogP contribution is -2.59. The predicted octanol–water partition coefficient (Wildman–Crippen LogP) is 3.84. The number of hydrazine groups is 1. The summed E-state index contributed by atoms with van der Waals surface area (Å²) in [6.07, 6.45) is 4.88. The number of hydrogen-bond acceptors (Lipinski definition) is 4. The summed E-state index contributed by atoms with van der Waals surface area (Å²) in [6, 6.07) is 12.6. The van der Waals surface area contributed by atoms with Crippen LogP contribution in [0.5, 0.6) is 0 Å². The van der Waals surface area contributed by atoms with Gasteiger partial charge < -0.3 is 5.32 Å². The lowest BCUT2D eigenvalue weighted by molar-refractivity contribution is -0.139. The molecular weight excluding hydrogens is 449 g/mol. The molecule has 2 unspecified atom stereocenters. The van der Waals surface area contributed by atoms with Crippen LogP contribution >= 0.6 is 0 Å². The van der Waals surface area contributed by atoms with Crippen molar-refractivity contribution in [2.24, 2.45) is 11.8 Å². The summed E-state index contributed by atoms with van der Waals surface area (Å²) < 4.78 is 16.3. The van der Waals surface area contributed by atoms with Crippen molar-refractivity contribution in [2.45, 2.75) is 26.7 Å². The van der Waals surface area contributed by atoms with Gasteiger partial charge in [-0.1, -0.05) is 18.2 Å². The molecule has 3 aromatic rings. The Hall–Kier alpha value is -4.27. The van der Waals surface area contributed by atoms with E-state index in [9.17, 15) is 18.8 Å². The number of aryl methyl sites for hydroxylation is 2. The van der Waals surface area contributed by atoms with Crippen molar-refractivity contribution >= 4 is 29.1 Å². The molecule has 2 heterocycles. The monoisotopic (exact) mass is 473 g/mol. The lowest BCUT2D eigenvalue weighted by atomic mass is 9.80. The molecule has 2 N–H and O–H groups in total. The molecule has 0 radical (unpaired) electrons. The number of hydrogen-bond donors (Lipinski definition) is 2. The first-order valence-corrected chi connectivity index (χ1v) is 11.4. The van der Waals surface area contributed by atoms with Crippen molar-refractivity contribution in [1.29, 1.82) is 0 Å². The molecule has 3 amide bonds. The molecule has 9 heteroatoms. The number of benzene rings is 2. The molecule has 1 saturated heterocycles. The molecule has 5 rings (SSSR count). The van der Waals surface area contributed by atoms with Crippen LogP contribution in [0.15, 0.2) is 60.7 Å². The van der Waals surface area contributed by atoms with Crippen molar-refractivity contribution in [2.75, 3.05) is 10.3 Å². The smallest absolute Gasteiger partial charge is 0.255 e. The summed E-state index contributed by atoms with van der Waals surface area (Å²) in [5.41, 5.74) is 5.44. The van der Waals surface area contributed by atoms with Gasteiger partial charge in [-0.15, -0.1) is 0 Å². The number of carbonyl (C=O) groups is 3. The predicted molar refractivity (Wildman–Crippen MR) is 128 cm³/mol. The van der Waals surface area contributed by atoms with Crippen molar-refractivity contribution in [3.05, 3.63) is 83.5 Å². The fraction of sp³-hybridized carbons (Fsp3) is 0.231. The molecule has 1 aliphatic heterocycles. The van der Waals surface area contributed by atoms with Crippen molar-refractivity contribution < 1.29 is 18.8 Å². The number of nitrogens with zero attached hydrogens (tertiary/aromatic N) is 3. The van der Waals surface area contributed by atoms with Crippen LogP contribution in [0, 0.1) is 31.5 Å². The van der Waals surface area contributed by atoms with Gasteiger partial charge in [0.15, 0.2) is 5.82 Å². The third kappa shape index (κ3) is 4.21. The number of fused-ring (bicyclic) bond motifs is 1. The number of allylic oxidation sites excluding steroid dienone is 2. The van der Waals surface area contributed by atoms with Gasteiger partial charge in [-0.05, 0) is 69.2 Å². The fourth-order valence-corrected chi connectivity index (χ4v) is 4.60. The van der Waals surface area contributed by atoms with Gasteiger partial charge in [0.25, 0.3) is 5.91 Å². The molecule has 1 fully saturated rings. The van der Waals surface area contributed by atoms with E-state index in [1.165, 1.54) is 21.8 Å². The highest BCUT2D eigenvalue weighted by Gasteiger charge is 2.42. The molecule has 2 aliphatic rings. The molecule has 2 atom stereocenters. The Balaban J connectivity index is 1.34. The third-order valence-electron chi connectivity index (χ3n) is 6.34. The van der Waals surface area contributed by atoms with Crippen LogP contribution < -0.4 is 15.8 Å². The number of halogens is 1. The van der Waals surface area contributed by atoms with Crippen LogP contribution in [-0.4, -0.2) is 27.5 Å². The Bertz CT molecular complexity index is 1380. The molecular formula is C26H24FN5O3. The van der Waals surface area contributed by atoms with Gasteiger partial charge in [0, 0.05) is 16.9 Å². The van der Waals surface area contributed by atoms with E-state index >= 15 is 0 Å². The average molecular weight is 474 g/mol. The quantitative estimate of drug-likeness (QED) is 0.563. The molecule has 2 aromatic carbocycles. The zero-order valence-electron chi connectivity index (χ0n) is 19.3. The van der Waals surface area contributed by atoms with E-state index in [0.717, 1.165) is 11.4 Å². The zero-order valence-corrected chi connectivity index (χ0v) is 19.3. The first kappa shape index (κ1) is 22.5. The van der Waals surface area contributed by atoms with Crippen LogP contribution in [0.1, 0.15) is 34.6 Å². The van der Waals surface area contributed by atoms with Crippen LogP contribution in [-0.2, 0) is 9.59 Å². The summed E-state index contributed by atoms with van der Waals surface area (Å²) in [6.45, 7) is 3.67. The maximum Gasteiger partial charge on any atom is 0.255 e. The van der Waals surface area contributed by atoms with Crippen molar-refractivity contribution in [1.82, 2.24) is 15.2 Å². The van der Waals surface area contributed by atoms with E-state index in [1.54, 1.807) is 30.3 Å². The Kier molecular flexibility index (Phi) is 5.68. The second-order valence-electron chi connectivity index (χ2n) is 8.82. The van der Waals surface area contributed by atoms with E-state index in [1.807, 2.05) is 32.1 Å². The van der Waals surface area contributed by atoms with Gasteiger partial charge in [0.1, 0.15) is 5.69 Å². The Morgan fingerprint density at radius 3 is 2.54 bits per heavy atom. The number of rotatable bonds is 4. The van der Waals surface area contributed by atoms with Crippen LogP contribution in [0.3, 0.4) is 0 Å². The largest absolute Gasteiger partial charge is 0.322 e. The Morgan fingerprint density at radius 1 is 1.06 bits per heavy atom. The normalized spacial score (nSPS) is 19.3. The highest BCUT2D eigenvalue weighted by molar-refractivity contribution is 6.07. The molecule has 1 aliphatic carbocycles. The highest BCUT2D eigenvalue weighted by atomic mass is 19.1. The maximum atomic E-state index is 14.8. The van der Waals surface area contributed by atoms with E-state index in [4.69, 9.17) is 0 Å². The summed E-state index contributed by atoms with van der Waals surface area (Å²) in [5.74, 6) is -2.22. The third-order valence-corrected chi connectivity index (χ3v) is 6.34. The SMILES string of the molecule is Cc1cc(C)n(-c2ccc(NC(=O)c3cccc(N4NC(=O)C5CC=CCC5C4=O)c3)cc2F)n1. The number of nitrogens with one attached hydrogen (secondary N) is 2. The van der Waals surface area contributed by atoms with Crippen LogP contribution in [0.2, 0.25) is 0 Å². The lowest BCUT2D eigenvalue weighted by Gasteiger charge is -2.38. The topological polar surface area (TPSA) is 96.3 Å². The van der Waals surface area contributed by atoms with Gasteiger partial charge in [-0.25, -0.2) is 14.1 Å². The second kappa shape index (κ2) is 8.83. The molecule has 0 saturated carbocycles. The zero-order chi connectivity index (χ0) is 24.7. The van der Waals surface area contributed by atoms with E-state index in [-0.39, 0.29) is 34.7 Å². The fourth-order valence-electron chi connectivity index (χ4n) is 4.60. The van der Waals surface area contributed by atoms with Crippen molar-refractivity contribution in [3.8, 4) is 5.69 Å². The number of aromatic nitrogens is 2. The number of anilines is 2. The first-order valence-electron chi connectivity index (χ1n) is 11.4. The summed E-state index contributed by atoms with van der Waals surface area (Å²) in [5, 5.41) is 8.19. The minimum absolute atomic E-state index is 0.210. The van der Waals surface area contributed by atoms with Gasteiger partial charge in [0.2, 0.25) is 11.8 Å². The first-order chi connectivity index (χ1) is 16.8. The van der Waals surface area contributed by atoms with Gasteiger partial charge in [-0.3, -0.25) is 19.8 Å². The van der Waals surface area contributed by atoms with Gasteiger partial charge in [-0.2, -0.15) is 5.10 Å². The Labute approximate surface area is 201 Å². The molecule has 8 nitrogen and oxygen atoms in total. The summed E-state index contributed by atoms with van der Waals surface area (Å²) in [7, 11) is 0. The van der Waals surface area contributed by atoms with Gasteiger partial charge >= 0.3 is 0 Å². The van der Waals surface area contributed by atoms with E-state index < -0.39 is 17.6 Å². The molecule has 1 aromatic heterocycles. The van der Waals surface area contributed by atoms with Crippen LogP contribution in [0.4, 0.5) is 15.8 Å². The van der Waals surface area contributed by atoms with Crippen LogP contribution in [0.25, 0.3) is 5.69 Å². The maximum absolute atomic E-state index is 14.8. The average Bonchev–Trinajstić information content (AvgIpc) is 3.19. The van der Waals surface area contributed by atoms with E-state index in [0.29, 0.717) is 18.5 Å². The minimum atomic E-state index is -0.527. The minimum Gasteiger partial charge on any atom is -0.322 e.